The molecule has 2 aliphatic rings. The number of para-hydroxylation sites is 1. The number of hydrogen-bond donors (Lipinski definition) is 1. The molecule has 0 bridgehead atoms. The van der Waals surface area contributed by atoms with Crippen LogP contribution in [0.1, 0.15) is 16.7 Å². The van der Waals surface area contributed by atoms with E-state index in [1.165, 1.54) is 22.3 Å². The molecule has 3 nitrogen and oxygen atoms in total. The molecule has 1 heterocycles. The molecule has 1 spiro atoms. The molecule has 138 valence electrons. The number of hydrazine groups is 1. The zero-order chi connectivity index (χ0) is 19.3. The van der Waals surface area contributed by atoms with Crippen LogP contribution in [0.4, 0.5) is 5.69 Å². The Morgan fingerprint density at radius 3 is 1.72 bits per heavy atom. The van der Waals surface area contributed by atoms with Crippen LogP contribution in [0.15, 0.2) is 114 Å². The van der Waals surface area contributed by atoms with Crippen molar-refractivity contribution in [1.29, 1.82) is 0 Å². The first kappa shape index (κ1) is 16.1. The maximum Gasteiger partial charge on any atom is 0.205 e. The summed E-state index contributed by atoms with van der Waals surface area (Å²) in [4.78, 5) is 5.36. The third kappa shape index (κ3) is 2.21. The molecule has 0 unspecified atom stereocenters. The van der Waals surface area contributed by atoms with E-state index in [-0.39, 0.29) is 0 Å². The lowest BCUT2D eigenvalue weighted by molar-refractivity contribution is 0.528. The van der Waals surface area contributed by atoms with E-state index in [4.69, 9.17) is 4.99 Å². The first-order valence-electron chi connectivity index (χ1n) is 9.84. The van der Waals surface area contributed by atoms with Gasteiger partial charge in [-0.05, 0) is 23.3 Å². The Bertz CT molecular complexity index is 1180. The van der Waals surface area contributed by atoms with E-state index in [2.05, 4.69) is 95.4 Å². The van der Waals surface area contributed by atoms with Crippen molar-refractivity contribution >= 4 is 11.5 Å². The number of benzene rings is 4. The van der Waals surface area contributed by atoms with Gasteiger partial charge in [-0.25, -0.2) is 4.99 Å². The fraction of sp³-hybridized carbons (Fsp3) is 0.0385. The molecule has 0 amide bonds. The van der Waals surface area contributed by atoms with Crippen LogP contribution < -0.4 is 10.4 Å². The summed E-state index contributed by atoms with van der Waals surface area (Å²) in [6.45, 7) is 0. The van der Waals surface area contributed by atoms with Crippen LogP contribution in [0.3, 0.4) is 0 Å². The summed E-state index contributed by atoms with van der Waals surface area (Å²) in [6.07, 6.45) is 0. The number of fused-ring (bicyclic) bond motifs is 5. The van der Waals surface area contributed by atoms with Gasteiger partial charge in [0.25, 0.3) is 0 Å². The number of aliphatic imine (C=N–C) groups is 1. The lowest BCUT2D eigenvalue weighted by Crippen LogP contribution is -2.48. The molecule has 0 radical (unpaired) electrons. The first-order valence-corrected chi connectivity index (χ1v) is 9.84. The van der Waals surface area contributed by atoms with Gasteiger partial charge >= 0.3 is 0 Å². The Kier molecular flexibility index (Phi) is 3.38. The predicted molar refractivity (Wildman–Crippen MR) is 118 cm³/mol. The Morgan fingerprint density at radius 1 is 0.586 bits per heavy atom. The summed E-state index contributed by atoms with van der Waals surface area (Å²) in [7, 11) is 0. The molecule has 3 heteroatoms. The van der Waals surface area contributed by atoms with Gasteiger partial charge in [-0.1, -0.05) is 97.1 Å². The fourth-order valence-electron chi connectivity index (χ4n) is 4.53. The third-order valence-corrected chi connectivity index (χ3v) is 5.77. The minimum Gasteiger partial charge on any atom is -0.278 e. The zero-order valence-electron chi connectivity index (χ0n) is 15.8. The van der Waals surface area contributed by atoms with Gasteiger partial charge < -0.3 is 0 Å². The second-order valence-corrected chi connectivity index (χ2v) is 7.37. The van der Waals surface area contributed by atoms with Gasteiger partial charge in [0.2, 0.25) is 5.66 Å². The number of anilines is 1. The van der Waals surface area contributed by atoms with Crippen LogP contribution in [0.25, 0.3) is 11.1 Å². The van der Waals surface area contributed by atoms with Gasteiger partial charge in [0.15, 0.2) is 0 Å². The second kappa shape index (κ2) is 6.08. The molecule has 0 aromatic heterocycles. The smallest absolute Gasteiger partial charge is 0.205 e. The van der Waals surface area contributed by atoms with Crippen molar-refractivity contribution in [2.75, 3.05) is 5.01 Å². The molecule has 4 aromatic rings. The molecule has 0 saturated carbocycles. The molecule has 29 heavy (non-hydrogen) atoms. The molecule has 4 aromatic carbocycles. The molecule has 6 rings (SSSR count). The lowest BCUT2D eigenvalue weighted by atomic mass is 9.96. The number of nitrogens with zero attached hydrogens (tertiary/aromatic N) is 2. The summed E-state index contributed by atoms with van der Waals surface area (Å²) in [5, 5.41) is 2.21. The standard InChI is InChI=1S/C26H19N3/c1-3-11-19(12-4-1)25-27-26(29(28-25)20-13-5-2-6-14-20)23-17-9-7-15-21(23)22-16-8-10-18-24(22)26/h1-18H,(H,27,28). The van der Waals surface area contributed by atoms with Crippen molar-refractivity contribution in [3.8, 4) is 11.1 Å². The molecule has 1 aliphatic carbocycles. The van der Waals surface area contributed by atoms with Crippen LogP contribution in [0, 0.1) is 0 Å². The van der Waals surface area contributed by atoms with Crippen molar-refractivity contribution < 1.29 is 0 Å². The fourth-order valence-corrected chi connectivity index (χ4v) is 4.53. The maximum atomic E-state index is 5.36. The highest BCUT2D eigenvalue weighted by molar-refractivity contribution is 6.03. The van der Waals surface area contributed by atoms with E-state index in [0.29, 0.717) is 0 Å². The van der Waals surface area contributed by atoms with Crippen LogP contribution >= 0.6 is 0 Å². The number of rotatable bonds is 2. The Balaban J connectivity index is 1.67. The van der Waals surface area contributed by atoms with E-state index >= 15 is 0 Å². The molecule has 1 aliphatic heterocycles. The van der Waals surface area contributed by atoms with Crippen molar-refractivity contribution in [2.24, 2.45) is 4.99 Å². The monoisotopic (exact) mass is 373 g/mol. The van der Waals surface area contributed by atoms with E-state index in [1.807, 2.05) is 24.3 Å². The molecule has 1 N–H and O–H groups in total. The van der Waals surface area contributed by atoms with Gasteiger partial charge in [-0.15, -0.1) is 0 Å². The lowest BCUT2D eigenvalue weighted by Gasteiger charge is -2.35. The summed E-state index contributed by atoms with van der Waals surface area (Å²) in [6, 6.07) is 38.0. The summed E-state index contributed by atoms with van der Waals surface area (Å²) >= 11 is 0. The predicted octanol–water partition coefficient (Wildman–Crippen LogP) is 5.34. The average molecular weight is 373 g/mol. The Morgan fingerprint density at radius 2 is 1.10 bits per heavy atom. The normalized spacial score (nSPS) is 15.6. The van der Waals surface area contributed by atoms with Gasteiger partial charge in [0.1, 0.15) is 5.84 Å². The van der Waals surface area contributed by atoms with Crippen LogP contribution in [-0.2, 0) is 5.66 Å². The number of amidine groups is 1. The second-order valence-electron chi connectivity index (χ2n) is 7.37. The largest absolute Gasteiger partial charge is 0.278 e. The van der Waals surface area contributed by atoms with Gasteiger partial charge in [0, 0.05) is 16.7 Å². The Labute approximate surface area is 169 Å². The number of hydrogen-bond acceptors (Lipinski definition) is 3. The molecule has 0 saturated heterocycles. The minimum atomic E-state index is -0.639. The zero-order valence-corrected chi connectivity index (χ0v) is 15.8. The summed E-state index contributed by atoms with van der Waals surface area (Å²) < 4.78 is 0. The van der Waals surface area contributed by atoms with Crippen molar-refractivity contribution in [2.45, 2.75) is 5.66 Å². The summed E-state index contributed by atoms with van der Waals surface area (Å²) in [5.74, 6) is 0.876. The van der Waals surface area contributed by atoms with Gasteiger partial charge in [0.05, 0.1) is 5.69 Å². The van der Waals surface area contributed by atoms with E-state index in [1.54, 1.807) is 0 Å². The molecular formula is C26H19N3. The van der Waals surface area contributed by atoms with E-state index in [0.717, 1.165) is 17.1 Å². The quantitative estimate of drug-likeness (QED) is 0.514. The van der Waals surface area contributed by atoms with Gasteiger partial charge in [-0.2, -0.15) is 0 Å². The average Bonchev–Trinajstić information content (AvgIpc) is 3.34. The first-order chi connectivity index (χ1) is 14.4. The van der Waals surface area contributed by atoms with E-state index < -0.39 is 5.66 Å². The minimum absolute atomic E-state index is 0.639. The third-order valence-electron chi connectivity index (χ3n) is 5.77. The highest BCUT2D eigenvalue weighted by Crippen LogP contribution is 2.53. The van der Waals surface area contributed by atoms with Crippen molar-refractivity contribution in [3.05, 3.63) is 126 Å². The molecular weight excluding hydrogens is 354 g/mol. The SMILES string of the molecule is c1ccc(C2=NC3(c4ccccc4-c4ccccc43)N(c3ccccc3)N2)cc1. The Hall–Kier alpha value is -3.85. The van der Waals surface area contributed by atoms with Gasteiger partial charge in [-0.3, -0.25) is 10.4 Å². The van der Waals surface area contributed by atoms with Crippen molar-refractivity contribution in [3.63, 3.8) is 0 Å². The van der Waals surface area contributed by atoms with Crippen LogP contribution in [-0.4, -0.2) is 5.84 Å². The number of nitrogens with one attached hydrogen (secondary N) is 1. The summed E-state index contributed by atoms with van der Waals surface area (Å²) in [5.41, 5.74) is 10.0. The molecule has 0 atom stereocenters. The van der Waals surface area contributed by atoms with E-state index in [9.17, 15) is 0 Å². The van der Waals surface area contributed by atoms with Crippen LogP contribution in [0.2, 0.25) is 0 Å². The highest BCUT2D eigenvalue weighted by Gasteiger charge is 2.52. The molecule has 0 fully saturated rings. The van der Waals surface area contributed by atoms with Crippen molar-refractivity contribution in [1.82, 2.24) is 5.43 Å². The van der Waals surface area contributed by atoms with Crippen LogP contribution in [0.5, 0.6) is 0 Å². The highest BCUT2D eigenvalue weighted by atomic mass is 15.6. The topological polar surface area (TPSA) is 27.6 Å². The maximum absolute atomic E-state index is 5.36.